The van der Waals surface area contributed by atoms with Crippen LogP contribution in [0.4, 0.5) is 0 Å². The quantitative estimate of drug-likeness (QED) is 0.727. The third-order valence-electron chi connectivity index (χ3n) is 4.16. The standard InChI is InChI=1S/C15H16O/c1-2-4-14-11(3-1)9-10-15(16-14,12-5-6-12)13-7-8-13/h1-4,9-10,12-13H,5-8H2. The fourth-order valence-corrected chi connectivity index (χ4v) is 3.00. The van der Waals surface area contributed by atoms with Crippen LogP contribution in [0.5, 0.6) is 5.75 Å². The van der Waals surface area contributed by atoms with Gasteiger partial charge in [0.05, 0.1) is 0 Å². The minimum Gasteiger partial charge on any atom is -0.482 e. The lowest BCUT2D eigenvalue weighted by Gasteiger charge is -2.35. The van der Waals surface area contributed by atoms with E-state index in [1.165, 1.54) is 31.2 Å². The number of fused-ring (bicyclic) bond motifs is 1. The number of hydrogen-bond acceptors (Lipinski definition) is 1. The molecule has 1 aliphatic heterocycles. The molecule has 1 aromatic carbocycles. The van der Waals surface area contributed by atoms with E-state index < -0.39 is 0 Å². The van der Waals surface area contributed by atoms with Gasteiger partial charge in [-0.25, -0.2) is 0 Å². The third-order valence-corrected chi connectivity index (χ3v) is 4.16. The van der Waals surface area contributed by atoms with E-state index in [2.05, 4.69) is 36.4 Å². The predicted octanol–water partition coefficient (Wildman–Crippen LogP) is 3.65. The highest BCUT2D eigenvalue weighted by Gasteiger charge is 2.55. The highest BCUT2D eigenvalue weighted by molar-refractivity contribution is 5.61. The molecule has 0 radical (unpaired) electrons. The maximum atomic E-state index is 6.38. The predicted molar refractivity (Wildman–Crippen MR) is 64.3 cm³/mol. The van der Waals surface area contributed by atoms with E-state index in [1.54, 1.807) is 0 Å². The largest absolute Gasteiger partial charge is 0.482 e. The van der Waals surface area contributed by atoms with Gasteiger partial charge in [-0.05, 0) is 37.8 Å². The van der Waals surface area contributed by atoms with Crippen LogP contribution in [0.3, 0.4) is 0 Å². The molecule has 1 heterocycles. The van der Waals surface area contributed by atoms with Gasteiger partial charge < -0.3 is 4.74 Å². The number of para-hydroxylation sites is 1. The zero-order valence-corrected chi connectivity index (χ0v) is 9.36. The Kier molecular flexibility index (Phi) is 1.61. The third kappa shape index (κ3) is 1.17. The molecule has 0 spiro atoms. The van der Waals surface area contributed by atoms with Crippen molar-refractivity contribution in [3.05, 3.63) is 35.9 Å². The van der Waals surface area contributed by atoms with Gasteiger partial charge in [0.15, 0.2) is 0 Å². The molecule has 82 valence electrons. The first kappa shape index (κ1) is 8.86. The van der Waals surface area contributed by atoms with E-state index in [0.717, 1.165) is 17.6 Å². The lowest BCUT2D eigenvalue weighted by molar-refractivity contribution is 0.0698. The van der Waals surface area contributed by atoms with Crippen LogP contribution in [0.25, 0.3) is 6.08 Å². The molecule has 2 fully saturated rings. The van der Waals surface area contributed by atoms with E-state index in [9.17, 15) is 0 Å². The second-order valence-corrected chi connectivity index (χ2v) is 5.38. The summed E-state index contributed by atoms with van der Waals surface area (Å²) in [5, 5.41) is 0. The van der Waals surface area contributed by atoms with E-state index in [4.69, 9.17) is 4.74 Å². The van der Waals surface area contributed by atoms with Crippen molar-refractivity contribution in [3.63, 3.8) is 0 Å². The second kappa shape index (κ2) is 2.91. The summed E-state index contributed by atoms with van der Waals surface area (Å²) in [4.78, 5) is 0. The molecule has 1 aromatic rings. The molecule has 16 heavy (non-hydrogen) atoms. The Morgan fingerprint density at radius 3 is 2.38 bits per heavy atom. The van der Waals surface area contributed by atoms with Crippen LogP contribution < -0.4 is 4.74 Å². The molecule has 1 nitrogen and oxygen atoms in total. The summed E-state index contributed by atoms with van der Waals surface area (Å²) >= 11 is 0. The van der Waals surface area contributed by atoms with E-state index >= 15 is 0 Å². The van der Waals surface area contributed by atoms with Gasteiger partial charge in [-0.1, -0.05) is 24.3 Å². The van der Waals surface area contributed by atoms with Crippen LogP contribution in [0.15, 0.2) is 30.3 Å². The zero-order chi connectivity index (χ0) is 10.6. The first-order valence-electron chi connectivity index (χ1n) is 6.36. The first-order chi connectivity index (χ1) is 7.88. The summed E-state index contributed by atoms with van der Waals surface area (Å²) in [6.45, 7) is 0. The summed E-state index contributed by atoms with van der Waals surface area (Å²) in [5.41, 5.74) is 1.30. The summed E-state index contributed by atoms with van der Waals surface area (Å²) in [7, 11) is 0. The zero-order valence-electron chi connectivity index (χ0n) is 9.36. The lowest BCUT2D eigenvalue weighted by Crippen LogP contribution is -2.40. The fourth-order valence-electron chi connectivity index (χ4n) is 3.00. The highest BCUT2D eigenvalue weighted by atomic mass is 16.5. The average molecular weight is 212 g/mol. The topological polar surface area (TPSA) is 9.23 Å². The molecule has 0 bridgehead atoms. The van der Waals surface area contributed by atoms with Crippen molar-refractivity contribution >= 4 is 6.08 Å². The van der Waals surface area contributed by atoms with Gasteiger partial charge in [0.25, 0.3) is 0 Å². The molecule has 0 saturated heterocycles. The van der Waals surface area contributed by atoms with Gasteiger partial charge in [0.2, 0.25) is 0 Å². The summed E-state index contributed by atoms with van der Waals surface area (Å²) in [6.07, 6.45) is 10.0. The fraction of sp³-hybridized carbons (Fsp3) is 0.467. The van der Waals surface area contributed by atoms with Crippen molar-refractivity contribution in [1.82, 2.24) is 0 Å². The summed E-state index contributed by atoms with van der Waals surface area (Å²) < 4.78 is 6.38. The highest BCUT2D eigenvalue weighted by Crippen LogP contribution is 2.56. The molecule has 0 N–H and O–H groups in total. The lowest BCUT2D eigenvalue weighted by atomic mass is 9.88. The maximum Gasteiger partial charge on any atom is 0.133 e. The van der Waals surface area contributed by atoms with Crippen LogP contribution in [0, 0.1) is 11.8 Å². The minimum atomic E-state index is 0.0638. The normalized spacial score (nSPS) is 26.0. The van der Waals surface area contributed by atoms with Crippen LogP contribution in [0.1, 0.15) is 31.2 Å². The van der Waals surface area contributed by atoms with Crippen molar-refractivity contribution in [1.29, 1.82) is 0 Å². The Bertz CT molecular complexity index is 440. The number of benzene rings is 1. The van der Waals surface area contributed by atoms with E-state index in [-0.39, 0.29) is 5.60 Å². The van der Waals surface area contributed by atoms with Gasteiger partial charge in [0, 0.05) is 17.4 Å². The molecule has 0 amide bonds. The Balaban J connectivity index is 1.77. The Hall–Kier alpha value is -1.24. The van der Waals surface area contributed by atoms with Gasteiger partial charge in [-0.3, -0.25) is 0 Å². The molecule has 0 aromatic heterocycles. The van der Waals surface area contributed by atoms with Crippen molar-refractivity contribution in [3.8, 4) is 5.75 Å². The molecule has 0 unspecified atom stereocenters. The maximum absolute atomic E-state index is 6.38. The van der Waals surface area contributed by atoms with Crippen LogP contribution >= 0.6 is 0 Å². The molecule has 0 atom stereocenters. The molecular formula is C15H16O. The second-order valence-electron chi connectivity index (χ2n) is 5.38. The smallest absolute Gasteiger partial charge is 0.133 e. The SMILES string of the molecule is C1=CC(C2CC2)(C2CC2)Oc2ccccc21. The average Bonchev–Trinajstić information content (AvgIpc) is 3.20. The summed E-state index contributed by atoms with van der Waals surface area (Å²) in [5.74, 6) is 2.65. The summed E-state index contributed by atoms with van der Waals surface area (Å²) in [6, 6.07) is 8.39. The van der Waals surface area contributed by atoms with Crippen molar-refractivity contribution in [2.75, 3.05) is 0 Å². The molecule has 3 aliphatic rings. The molecule has 2 saturated carbocycles. The molecular weight excluding hydrogens is 196 g/mol. The molecule has 1 heteroatoms. The number of rotatable bonds is 2. The van der Waals surface area contributed by atoms with Crippen LogP contribution in [-0.4, -0.2) is 5.60 Å². The van der Waals surface area contributed by atoms with Gasteiger partial charge in [0.1, 0.15) is 11.4 Å². The number of hydrogen-bond donors (Lipinski definition) is 0. The van der Waals surface area contributed by atoms with Gasteiger partial charge in [-0.15, -0.1) is 0 Å². The van der Waals surface area contributed by atoms with Gasteiger partial charge >= 0.3 is 0 Å². The van der Waals surface area contributed by atoms with Crippen molar-refractivity contribution in [2.45, 2.75) is 31.3 Å². The molecule has 2 aliphatic carbocycles. The van der Waals surface area contributed by atoms with Gasteiger partial charge in [-0.2, -0.15) is 0 Å². The Labute approximate surface area is 96.1 Å². The van der Waals surface area contributed by atoms with E-state index in [0.29, 0.717) is 0 Å². The Morgan fingerprint density at radius 1 is 1.00 bits per heavy atom. The van der Waals surface area contributed by atoms with Crippen molar-refractivity contribution < 1.29 is 4.74 Å². The first-order valence-corrected chi connectivity index (χ1v) is 6.36. The van der Waals surface area contributed by atoms with Crippen LogP contribution in [0.2, 0.25) is 0 Å². The molecule has 4 rings (SSSR count). The van der Waals surface area contributed by atoms with Crippen molar-refractivity contribution in [2.24, 2.45) is 11.8 Å². The Morgan fingerprint density at radius 2 is 1.69 bits per heavy atom. The minimum absolute atomic E-state index is 0.0638. The monoisotopic (exact) mass is 212 g/mol. The van der Waals surface area contributed by atoms with Crippen LogP contribution in [-0.2, 0) is 0 Å². The number of ether oxygens (including phenoxy) is 1. The van der Waals surface area contributed by atoms with E-state index in [1.807, 2.05) is 0 Å².